The number of hydrogen-bond acceptors (Lipinski definition) is 3. The van der Waals surface area contributed by atoms with Crippen molar-refractivity contribution in [3.8, 4) is 0 Å². The molecule has 13 heavy (non-hydrogen) atoms. The highest BCUT2D eigenvalue weighted by Crippen LogP contribution is 2.18. The Bertz CT molecular complexity index is 177. The van der Waals surface area contributed by atoms with Crippen LogP contribution in [0.15, 0.2) is 5.10 Å². The Kier molecular flexibility index (Phi) is 3.58. The molecule has 3 nitrogen and oxygen atoms in total. The van der Waals surface area contributed by atoms with Crippen LogP contribution >= 0.6 is 0 Å². The lowest BCUT2D eigenvalue weighted by Crippen LogP contribution is -2.42. The van der Waals surface area contributed by atoms with Crippen LogP contribution in [0.1, 0.15) is 33.6 Å². The van der Waals surface area contributed by atoms with E-state index in [1.54, 1.807) is 0 Å². The number of unbranched alkanes of at least 4 members (excludes halogenated alkanes) is 1. The van der Waals surface area contributed by atoms with Gasteiger partial charge in [-0.1, -0.05) is 27.2 Å². The highest BCUT2D eigenvalue weighted by Gasteiger charge is 2.27. The van der Waals surface area contributed by atoms with Crippen molar-refractivity contribution in [3.63, 3.8) is 0 Å². The lowest BCUT2D eigenvalue weighted by Gasteiger charge is -2.31. The predicted octanol–water partition coefficient (Wildman–Crippen LogP) is 1.96. The Morgan fingerprint density at radius 2 is 2.15 bits per heavy atom. The van der Waals surface area contributed by atoms with Crippen molar-refractivity contribution in [2.75, 3.05) is 13.6 Å². The largest absolute Gasteiger partial charge is 0.339 e. The number of nitrogens with zero attached hydrogens (tertiary/aromatic N) is 3. The van der Waals surface area contributed by atoms with E-state index < -0.39 is 0 Å². The summed E-state index contributed by atoms with van der Waals surface area (Å²) in [5, 5.41) is 6.36. The minimum absolute atomic E-state index is 0.464. The van der Waals surface area contributed by atoms with Crippen molar-refractivity contribution >= 4 is 6.34 Å². The molecule has 1 rings (SSSR count). The SMILES string of the molecule is CCCCN1C=NN(C)C1C(C)C. The fourth-order valence-corrected chi connectivity index (χ4v) is 1.84. The van der Waals surface area contributed by atoms with Gasteiger partial charge in [-0.25, -0.2) is 0 Å². The van der Waals surface area contributed by atoms with Crippen molar-refractivity contribution in [3.05, 3.63) is 0 Å². The Morgan fingerprint density at radius 3 is 2.69 bits per heavy atom. The maximum absolute atomic E-state index is 4.31. The van der Waals surface area contributed by atoms with Gasteiger partial charge in [0.25, 0.3) is 0 Å². The normalized spacial score (nSPS) is 22.1. The van der Waals surface area contributed by atoms with Gasteiger partial charge in [0, 0.05) is 13.6 Å². The first-order valence-corrected chi connectivity index (χ1v) is 5.19. The van der Waals surface area contributed by atoms with E-state index in [0.717, 1.165) is 6.54 Å². The second kappa shape index (κ2) is 4.49. The first-order valence-electron chi connectivity index (χ1n) is 5.19. The van der Waals surface area contributed by atoms with Gasteiger partial charge < -0.3 is 4.90 Å². The summed E-state index contributed by atoms with van der Waals surface area (Å²) >= 11 is 0. The van der Waals surface area contributed by atoms with Gasteiger partial charge in [-0.15, -0.1) is 0 Å². The summed E-state index contributed by atoms with van der Waals surface area (Å²) in [6, 6.07) is 0. The van der Waals surface area contributed by atoms with E-state index in [4.69, 9.17) is 0 Å². The summed E-state index contributed by atoms with van der Waals surface area (Å²) in [5.41, 5.74) is 0. The average molecular weight is 183 g/mol. The molecule has 0 bridgehead atoms. The topological polar surface area (TPSA) is 18.8 Å². The van der Waals surface area contributed by atoms with Gasteiger partial charge in [-0.2, -0.15) is 5.10 Å². The first kappa shape index (κ1) is 10.4. The fraction of sp³-hybridized carbons (Fsp3) is 0.900. The molecular weight excluding hydrogens is 162 g/mol. The minimum Gasteiger partial charge on any atom is -0.339 e. The zero-order valence-electron chi connectivity index (χ0n) is 9.20. The first-order chi connectivity index (χ1) is 6.16. The number of hydrogen-bond donors (Lipinski definition) is 0. The van der Waals surface area contributed by atoms with Crippen LogP contribution in [0.4, 0.5) is 0 Å². The van der Waals surface area contributed by atoms with Gasteiger partial charge in [-0.05, 0) is 12.3 Å². The second-order valence-electron chi connectivity index (χ2n) is 4.05. The molecule has 1 unspecified atom stereocenters. The molecule has 0 N–H and O–H groups in total. The summed E-state index contributed by atoms with van der Waals surface area (Å²) in [6.45, 7) is 7.85. The molecule has 0 spiro atoms. The van der Waals surface area contributed by atoms with Gasteiger partial charge in [0.05, 0.1) is 0 Å². The Labute approximate surface area is 81.4 Å². The molecule has 0 fully saturated rings. The Morgan fingerprint density at radius 1 is 1.46 bits per heavy atom. The zero-order valence-corrected chi connectivity index (χ0v) is 9.20. The van der Waals surface area contributed by atoms with Gasteiger partial charge in [0.1, 0.15) is 12.5 Å². The Balaban J connectivity index is 2.48. The predicted molar refractivity (Wildman–Crippen MR) is 56.5 cm³/mol. The molecular formula is C10H21N3. The van der Waals surface area contributed by atoms with Crippen LogP contribution < -0.4 is 0 Å². The van der Waals surface area contributed by atoms with E-state index >= 15 is 0 Å². The van der Waals surface area contributed by atoms with Crippen molar-refractivity contribution in [1.82, 2.24) is 9.91 Å². The van der Waals surface area contributed by atoms with Crippen LogP contribution in [0.3, 0.4) is 0 Å². The van der Waals surface area contributed by atoms with E-state index in [1.807, 2.05) is 13.4 Å². The highest BCUT2D eigenvalue weighted by atomic mass is 15.6. The van der Waals surface area contributed by atoms with Gasteiger partial charge in [-0.3, -0.25) is 5.01 Å². The van der Waals surface area contributed by atoms with Crippen molar-refractivity contribution < 1.29 is 0 Å². The molecule has 0 aliphatic carbocycles. The monoisotopic (exact) mass is 183 g/mol. The maximum Gasteiger partial charge on any atom is 0.121 e. The third-order valence-electron chi connectivity index (χ3n) is 2.47. The molecule has 1 heterocycles. The molecule has 0 saturated carbocycles. The fourth-order valence-electron chi connectivity index (χ4n) is 1.84. The van der Waals surface area contributed by atoms with Gasteiger partial charge in [0.2, 0.25) is 0 Å². The van der Waals surface area contributed by atoms with Crippen LogP contribution in [0.5, 0.6) is 0 Å². The quantitative estimate of drug-likeness (QED) is 0.663. The van der Waals surface area contributed by atoms with E-state index in [0.29, 0.717) is 12.1 Å². The van der Waals surface area contributed by atoms with E-state index in [2.05, 4.69) is 35.8 Å². The summed E-state index contributed by atoms with van der Waals surface area (Å²) in [7, 11) is 2.05. The minimum atomic E-state index is 0.464. The molecule has 1 aliphatic heterocycles. The highest BCUT2D eigenvalue weighted by molar-refractivity contribution is 5.57. The van der Waals surface area contributed by atoms with E-state index in [-0.39, 0.29) is 0 Å². The second-order valence-corrected chi connectivity index (χ2v) is 4.05. The standard InChI is InChI=1S/C10H21N3/c1-5-6-7-13-8-11-12(4)10(13)9(2)3/h8-10H,5-7H2,1-4H3. The molecule has 3 heteroatoms. The van der Waals surface area contributed by atoms with Crippen molar-refractivity contribution in [2.24, 2.45) is 11.0 Å². The summed E-state index contributed by atoms with van der Waals surface area (Å²) in [5.74, 6) is 0.629. The molecule has 76 valence electrons. The van der Waals surface area contributed by atoms with Crippen molar-refractivity contribution in [2.45, 2.75) is 39.8 Å². The lowest BCUT2D eigenvalue weighted by molar-refractivity contribution is 0.113. The Hall–Kier alpha value is -0.730. The summed E-state index contributed by atoms with van der Waals surface area (Å²) in [6.07, 6.45) is 4.94. The lowest BCUT2D eigenvalue weighted by atomic mass is 10.1. The molecule has 0 aromatic rings. The van der Waals surface area contributed by atoms with E-state index in [1.165, 1.54) is 12.8 Å². The van der Waals surface area contributed by atoms with Gasteiger partial charge >= 0.3 is 0 Å². The third kappa shape index (κ3) is 2.36. The molecule has 0 aromatic carbocycles. The molecule has 0 saturated heterocycles. The summed E-state index contributed by atoms with van der Waals surface area (Å²) < 4.78 is 0. The third-order valence-corrected chi connectivity index (χ3v) is 2.47. The molecule has 0 amide bonds. The van der Waals surface area contributed by atoms with Crippen LogP contribution in [-0.2, 0) is 0 Å². The van der Waals surface area contributed by atoms with Crippen LogP contribution in [0.2, 0.25) is 0 Å². The average Bonchev–Trinajstić information content (AvgIpc) is 2.43. The maximum atomic E-state index is 4.31. The van der Waals surface area contributed by atoms with Crippen LogP contribution in [0.25, 0.3) is 0 Å². The number of hydrazone groups is 1. The summed E-state index contributed by atoms with van der Waals surface area (Å²) in [4.78, 5) is 2.34. The molecule has 1 aliphatic rings. The smallest absolute Gasteiger partial charge is 0.121 e. The van der Waals surface area contributed by atoms with Gasteiger partial charge in [0.15, 0.2) is 0 Å². The number of rotatable bonds is 4. The zero-order chi connectivity index (χ0) is 9.84. The molecule has 0 aromatic heterocycles. The molecule has 0 radical (unpaired) electrons. The van der Waals surface area contributed by atoms with Crippen LogP contribution in [0, 0.1) is 5.92 Å². The van der Waals surface area contributed by atoms with Crippen molar-refractivity contribution in [1.29, 1.82) is 0 Å². The molecule has 1 atom stereocenters. The van der Waals surface area contributed by atoms with Crippen LogP contribution in [-0.4, -0.2) is 36.0 Å². The van der Waals surface area contributed by atoms with E-state index in [9.17, 15) is 0 Å².